The molecule has 148 valence electrons. The third kappa shape index (κ3) is 4.58. The molecular formula is C18H22F3N3O3. The molecule has 0 radical (unpaired) electrons. The van der Waals surface area contributed by atoms with E-state index >= 15 is 0 Å². The van der Waals surface area contributed by atoms with E-state index in [2.05, 4.69) is 10.6 Å². The number of carbonyl (C=O) groups is 3. The van der Waals surface area contributed by atoms with Gasteiger partial charge >= 0.3 is 12.2 Å². The van der Waals surface area contributed by atoms with E-state index in [4.69, 9.17) is 0 Å². The predicted molar refractivity (Wildman–Crippen MR) is 91.7 cm³/mol. The lowest BCUT2D eigenvalue weighted by Crippen LogP contribution is -2.46. The molecule has 0 saturated carbocycles. The number of alkyl halides is 3. The van der Waals surface area contributed by atoms with E-state index in [-0.39, 0.29) is 13.1 Å². The quantitative estimate of drug-likeness (QED) is 0.708. The Morgan fingerprint density at radius 3 is 2.22 bits per heavy atom. The van der Waals surface area contributed by atoms with Crippen LogP contribution in [-0.4, -0.2) is 41.4 Å². The van der Waals surface area contributed by atoms with Gasteiger partial charge in [0.15, 0.2) is 0 Å². The molecule has 1 aromatic carbocycles. The standard InChI is InChI=1S/C18H22F3N3O3/c1-3-17(4-2)15(26)24(16(27)23-17)11-14(25)22-10-9-12-5-7-13(8-6-12)18(19,20)21/h5-8H,3-4,9-11H2,1-2H3,(H,22,25)(H,23,27). The lowest BCUT2D eigenvalue weighted by atomic mass is 9.93. The van der Waals surface area contributed by atoms with Crippen LogP contribution in [0.3, 0.4) is 0 Å². The van der Waals surface area contributed by atoms with Crippen molar-refractivity contribution < 1.29 is 27.6 Å². The van der Waals surface area contributed by atoms with Gasteiger partial charge in [-0.1, -0.05) is 26.0 Å². The number of rotatable bonds is 7. The Hall–Kier alpha value is -2.58. The van der Waals surface area contributed by atoms with Gasteiger partial charge in [-0.05, 0) is 37.0 Å². The summed E-state index contributed by atoms with van der Waals surface area (Å²) < 4.78 is 37.6. The fourth-order valence-electron chi connectivity index (χ4n) is 2.96. The minimum atomic E-state index is -4.39. The summed E-state index contributed by atoms with van der Waals surface area (Å²) >= 11 is 0. The number of nitrogens with one attached hydrogen (secondary N) is 2. The molecule has 4 amide bonds. The highest BCUT2D eigenvalue weighted by Gasteiger charge is 2.49. The number of benzene rings is 1. The van der Waals surface area contributed by atoms with Crippen LogP contribution in [0.25, 0.3) is 0 Å². The van der Waals surface area contributed by atoms with E-state index in [9.17, 15) is 27.6 Å². The summed E-state index contributed by atoms with van der Waals surface area (Å²) in [5, 5.41) is 5.21. The van der Waals surface area contributed by atoms with Gasteiger partial charge in [-0.15, -0.1) is 0 Å². The van der Waals surface area contributed by atoms with Crippen LogP contribution in [0, 0.1) is 0 Å². The van der Waals surface area contributed by atoms with Gasteiger partial charge in [0.25, 0.3) is 5.91 Å². The molecule has 6 nitrogen and oxygen atoms in total. The first kappa shape index (κ1) is 20.7. The van der Waals surface area contributed by atoms with E-state index in [0.29, 0.717) is 24.8 Å². The minimum Gasteiger partial charge on any atom is -0.354 e. The number of nitrogens with zero attached hydrogens (tertiary/aromatic N) is 1. The molecule has 0 aromatic heterocycles. The Bertz CT molecular complexity index is 713. The zero-order chi connectivity index (χ0) is 20.2. The van der Waals surface area contributed by atoms with Crippen molar-refractivity contribution in [2.24, 2.45) is 0 Å². The maximum atomic E-state index is 12.5. The third-order valence-corrected chi connectivity index (χ3v) is 4.77. The molecule has 1 saturated heterocycles. The van der Waals surface area contributed by atoms with Gasteiger partial charge in [0.1, 0.15) is 12.1 Å². The average molecular weight is 385 g/mol. The van der Waals surface area contributed by atoms with E-state index in [1.807, 2.05) is 0 Å². The number of amides is 4. The number of carbonyl (C=O) groups excluding carboxylic acids is 3. The molecule has 0 atom stereocenters. The molecule has 1 aromatic rings. The second kappa shape index (κ2) is 7.98. The van der Waals surface area contributed by atoms with Gasteiger partial charge in [0.2, 0.25) is 5.91 Å². The summed E-state index contributed by atoms with van der Waals surface area (Å²) in [4.78, 5) is 37.3. The van der Waals surface area contributed by atoms with Crippen molar-refractivity contribution in [3.05, 3.63) is 35.4 Å². The van der Waals surface area contributed by atoms with Gasteiger partial charge < -0.3 is 10.6 Å². The Morgan fingerprint density at radius 2 is 1.74 bits per heavy atom. The van der Waals surface area contributed by atoms with Crippen LogP contribution in [0.1, 0.15) is 37.8 Å². The van der Waals surface area contributed by atoms with Crippen LogP contribution in [0.2, 0.25) is 0 Å². The van der Waals surface area contributed by atoms with E-state index in [1.54, 1.807) is 13.8 Å². The minimum absolute atomic E-state index is 0.181. The van der Waals surface area contributed by atoms with Crippen LogP contribution in [0.5, 0.6) is 0 Å². The molecule has 9 heteroatoms. The van der Waals surface area contributed by atoms with Crippen LogP contribution >= 0.6 is 0 Å². The highest BCUT2D eigenvalue weighted by atomic mass is 19.4. The molecule has 2 N–H and O–H groups in total. The maximum absolute atomic E-state index is 12.5. The molecule has 27 heavy (non-hydrogen) atoms. The third-order valence-electron chi connectivity index (χ3n) is 4.77. The van der Waals surface area contributed by atoms with Crippen molar-refractivity contribution in [3.63, 3.8) is 0 Å². The molecule has 0 aliphatic carbocycles. The number of hydrogen-bond acceptors (Lipinski definition) is 3. The molecule has 0 bridgehead atoms. The van der Waals surface area contributed by atoms with Crippen LogP contribution in [0.15, 0.2) is 24.3 Å². The van der Waals surface area contributed by atoms with Crippen molar-refractivity contribution >= 4 is 17.8 Å². The Balaban J connectivity index is 1.85. The monoisotopic (exact) mass is 385 g/mol. The topological polar surface area (TPSA) is 78.5 Å². The smallest absolute Gasteiger partial charge is 0.354 e. The highest BCUT2D eigenvalue weighted by molar-refractivity contribution is 6.08. The molecule has 1 aliphatic heterocycles. The molecule has 1 heterocycles. The normalized spacial score (nSPS) is 16.4. The van der Waals surface area contributed by atoms with E-state index in [1.165, 1.54) is 12.1 Å². The fraction of sp³-hybridized carbons (Fsp3) is 0.500. The molecular weight excluding hydrogens is 363 g/mol. The summed E-state index contributed by atoms with van der Waals surface area (Å²) in [6.07, 6.45) is -3.19. The summed E-state index contributed by atoms with van der Waals surface area (Å²) in [6, 6.07) is 4.08. The Labute approximate surface area is 155 Å². The largest absolute Gasteiger partial charge is 0.416 e. The second-order valence-electron chi connectivity index (χ2n) is 6.41. The maximum Gasteiger partial charge on any atom is 0.416 e. The van der Waals surface area contributed by atoms with Crippen LogP contribution in [-0.2, 0) is 22.2 Å². The highest BCUT2D eigenvalue weighted by Crippen LogP contribution is 2.29. The van der Waals surface area contributed by atoms with Gasteiger partial charge in [-0.25, -0.2) is 4.79 Å². The summed E-state index contributed by atoms with van der Waals surface area (Å²) in [7, 11) is 0. The Morgan fingerprint density at radius 1 is 1.15 bits per heavy atom. The van der Waals surface area contributed by atoms with Gasteiger partial charge in [0, 0.05) is 6.54 Å². The molecule has 2 rings (SSSR count). The molecule has 0 unspecified atom stereocenters. The SMILES string of the molecule is CCC1(CC)NC(=O)N(CC(=O)NCCc2ccc(C(F)(F)F)cc2)C1=O. The Kier molecular flexibility index (Phi) is 6.12. The van der Waals surface area contributed by atoms with E-state index < -0.39 is 35.1 Å². The second-order valence-corrected chi connectivity index (χ2v) is 6.41. The summed E-state index contributed by atoms with van der Waals surface area (Å²) in [5.41, 5.74) is -1.06. The fourth-order valence-corrected chi connectivity index (χ4v) is 2.96. The number of imide groups is 1. The lowest BCUT2D eigenvalue weighted by molar-refractivity contribution is -0.137. The molecule has 1 fully saturated rings. The number of halogens is 3. The number of hydrogen-bond donors (Lipinski definition) is 2. The first-order valence-electron chi connectivity index (χ1n) is 8.70. The zero-order valence-electron chi connectivity index (χ0n) is 15.2. The zero-order valence-corrected chi connectivity index (χ0v) is 15.2. The summed E-state index contributed by atoms with van der Waals surface area (Å²) in [6.45, 7) is 3.37. The summed E-state index contributed by atoms with van der Waals surface area (Å²) in [5.74, 6) is -0.927. The average Bonchev–Trinajstić information content (AvgIpc) is 2.86. The molecule has 0 spiro atoms. The van der Waals surface area contributed by atoms with Gasteiger partial charge in [-0.2, -0.15) is 13.2 Å². The van der Waals surface area contributed by atoms with Crippen molar-refractivity contribution in [1.82, 2.24) is 15.5 Å². The first-order chi connectivity index (χ1) is 12.6. The van der Waals surface area contributed by atoms with Crippen molar-refractivity contribution in [2.45, 2.75) is 44.8 Å². The predicted octanol–water partition coefficient (Wildman–Crippen LogP) is 2.47. The van der Waals surface area contributed by atoms with Crippen molar-refractivity contribution in [2.75, 3.05) is 13.1 Å². The van der Waals surface area contributed by atoms with Gasteiger partial charge in [-0.3, -0.25) is 14.5 Å². The van der Waals surface area contributed by atoms with Gasteiger partial charge in [0.05, 0.1) is 5.56 Å². The first-order valence-corrected chi connectivity index (χ1v) is 8.70. The van der Waals surface area contributed by atoms with E-state index in [0.717, 1.165) is 17.0 Å². The van der Waals surface area contributed by atoms with Crippen LogP contribution < -0.4 is 10.6 Å². The molecule has 1 aliphatic rings. The number of urea groups is 1. The van der Waals surface area contributed by atoms with Crippen molar-refractivity contribution in [1.29, 1.82) is 0 Å². The van der Waals surface area contributed by atoms with Crippen molar-refractivity contribution in [3.8, 4) is 0 Å². The lowest BCUT2D eigenvalue weighted by Gasteiger charge is -2.23. The van der Waals surface area contributed by atoms with Crippen LogP contribution in [0.4, 0.5) is 18.0 Å².